The molecule has 3 heterocycles. The maximum atomic E-state index is 13.1. The van der Waals surface area contributed by atoms with Crippen LogP contribution in [0.25, 0.3) is 10.9 Å². The average molecular weight is 431 g/mol. The van der Waals surface area contributed by atoms with Gasteiger partial charge in [-0.3, -0.25) is 4.79 Å². The van der Waals surface area contributed by atoms with E-state index < -0.39 is 10.0 Å². The Bertz CT molecular complexity index is 1180. The number of hydrogen-bond donors (Lipinski definition) is 0. The number of aryl methyl sites for hydroxylation is 3. The van der Waals surface area contributed by atoms with Crippen LogP contribution in [0.15, 0.2) is 39.9 Å². The molecule has 1 aliphatic heterocycles. The molecule has 4 rings (SSSR count). The molecule has 3 aromatic rings. The van der Waals surface area contributed by atoms with Gasteiger partial charge in [0.05, 0.1) is 6.42 Å². The Hall–Kier alpha value is -2.65. The summed E-state index contributed by atoms with van der Waals surface area (Å²) in [6.07, 6.45) is 2.89. The van der Waals surface area contributed by atoms with Crippen molar-refractivity contribution in [1.29, 1.82) is 0 Å². The topological polar surface area (TPSA) is 88.7 Å². The summed E-state index contributed by atoms with van der Waals surface area (Å²) in [5.41, 5.74) is 2.44. The SMILES string of the molecule is Cc1noc(C)c1S(=O)(=O)N1CCCN(C(=O)Cc2cn(C)c3ccccc23)CC1. The average Bonchev–Trinajstić information content (AvgIpc) is 3.09. The number of hydrogen-bond acceptors (Lipinski definition) is 5. The number of para-hydroxylation sites is 1. The van der Waals surface area contributed by atoms with Crippen LogP contribution in [0.3, 0.4) is 0 Å². The molecule has 1 amide bonds. The molecule has 0 saturated carbocycles. The number of fused-ring (bicyclic) bond motifs is 1. The van der Waals surface area contributed by atoms with E-state index in [1.165, 1.54) is 4.31 Å². The molecule has 0 atom stereocenters. The van der Waals surface area contributed by atoms with Gasteiger partial charge in [-0.25, -0.2) is 8.42 Å². The number of carbonyl (C=O) groups excluding carboxylic acids is 1. The third-order valence-electron chi connectivity index (χ3n) is 5.69. The molecule has 160 valence electrons. The van der Waals surface area contributed by atoms with Crippen LogP contribution < -0.4 is 0 Å². The van der Waals surface area contributed by atoms with Gasteiger partial charge in [-0.2, -0.15) is 4.31 Å². The molecule has 0 spiro atoms. The van der Waals surface area contributed by atoms with Crippen molar-refractivity contribution in [1.82, 2.24) is 18.9 Å². The largest absolute Gasteiger partial charge is 0.360 e. The number of aromatic nitrogens is 2. The van der Waals surface area contributed by atoms with Crippen LogP contribution >= 0.6 is 0 Å². The summed E-state index contributed by atoms with van der Waals surface area (Å²) < 4.78 is 34.7. The Morgan fingerprint density at radius 3 is 2.63 bits per heavy atom. The van der Waals surface area contributed by atoms with Gasteiger partial charge in [0, 0.05) is 50.3 Å². The highest BCUT2D eigenvalue weighted by Gasteiger charge is 2.33. The molecule has 30 heavy (non-hydrogen) atoms. The van der Waals surface area contributed by atoms with E-state index in [0.717, 1.165) is 16.5 Å². The van der Waals surface area contributed by atoms with Crippen LogP contribution in [0.5, 0.6) is 0 Å². The molecule has 0 bridgehead atoms. The smallest absolute Gasteiger partial charge is 0.248 e. The molecule has 0 N–H and O–H groups in total. The molecule has 9 heteroatoms. The Morgan fingerprint density at radius 2 is 1.90 bits per heavy atom. The zero-order valence-electron chi connectivity index (χ0n) is 17.5. The van der Waals surface area contributed by atoms with Gasteiger partial charge in [0.15, 0.2) is 5.76 Å². The summed E-state index contributed by atoms with van der Waals surface area (Å²) in [6.45, 7) is 4.76. The van der Waals surface area contributed by atoms with Gasteiger partial charge >= 0.3 is 0 Å². The quantitative estimate of drug-likeness (QED) is 0.633. The van der Waals surface area contributed by atoms with E-state index in [1.54, 1.807) is 18.7 Å². The van der Waals surface area contributed by atoms with Gasteiger partial charge in [-0.05, 0) is 31.9 Å². The van der Waals surface area contributed by atoms with Crippen molar-refractivity contribution < 1.29 is 17.7 Å². The summed E-state index contributed by atoms with van der Waals surface area (Å²) in [6, 6.07) is 8.02. The standard InChI is InChI=1S/C21H26N4O4S/c1-15-21(16(2)29-22-15)30(27,28)25-10-6-9-24(11-12-25)20(26)13-17-14-23(3)19-8-5-4-7-18(17)19/h4-5,7-8,14H,6,9-13H2,1-3H3. The maximum absolute atomic E-state index is 13.1. The van der Waals surface area contributed by atoms with E-state index >= 15 is 0 Å². The fraction of sp³-hybridized carbons (Fsp3) is 0.429. The minimum Gasteiger partial charge on any atom is -0.360 e. The summed E-state index contributed by atoms with van der Waals surface area (Å²) in [7, 11) is -1.73. The number of nitrogens with zero attached hydrogens (tertiary/aromatic N) is 4. The van der Waals surface area contributed by atoms with Crippen LogP contribution in [0.4, 0.5) is 0 Å². The number of rotatable bonds is 4. The van der Waals surface area contributed by atoms with Crippen LogP contribution in [0.2, 0.25) is 0 Å². The van der Waals surface area contributed by atoms with Crippen molar-refractivity contribution in [3.05, 3.63) is 47.5 Å². The lowest BCUT2D eigenvalue weighted by Gasteiger charge is -2.22. The van der Waals surface area contributed by atoms with Gasteiger partial charge in [0.2, 0.25) is 15.9 Å². The highest BCUT2D eigenvalue weighted by atomic mass is 32.2. The molecule has 8 nitrogen and oxygen atoms in total. The van der Waals surface area contributed by atoms with E-state index in [1.807, 2.05) is 42.1 Å². The second-order valence-corrected chi connectivity index (χ2v) is 9.63. The fourth-order valence-electron chi connectivity index (χ4n) is 4.20. The lowest BCUT2D eigenvalue weighted by Crippen LogP contribution is -2.38. The van der Waals surface area contributed by atoms with E-state index in [4.69, 9.17) is 4.52 Å². The van der Waals surface area contributed by atoms with Crippen LogP contribution in [-0.4, -0.2) is 59.4 Å². The van der Waals surface area contributed by atoms with Crippen molar-refractivity contribution in [2.24, 2.45) is 7.05 Å². The number of amides is 1. The predicted octanol–water partition coefficient (Wildman–Crippen LogP) is 2.25. The van der Waals surface area contributed by atoms with Crippen LogP contribution in [-0.2, 0) is 28.3 Å². The fourth-order valence-corrected chi connectivity index (χ4v) is 5.96. The Morgan fingerprint density at radius 1 is 1.13 bits per heavy atom. The number of carbonyl (C=O) groups is 1. The molecule has 1 fully saturated rings. The summed E-state index contributed by atoms with van der Waals surface area (Å²) >= 11 is 0. The molecular weight excluding hydrogens is 404 g/mol. The van der Waals surface area contributed by atoms with E-state index in [2.05, 4.69) is 5.16 Å². The van der Waals surface area contributed by atoms with E-state index in [0.29, 0.717) is 43.9 Å². The first kappa shape index (κ1) is 20.6. The van der Waals surface area contributed by atoms with Gasteiger partial charge in [-0.1, -0.05) is 23.4 Å². The van der Waals surface area contributed by atoms with Gasteiger partial charge in [-0.15, -0.1) is 0 Å². The number of sulfonamides is 1. The second kappa shape index (κ2) is 7.88. The molecule has 0 radical (unpaired) electrons. The Kier molecular flexibility index (Phi) is 5.42. The maximum Gasteiger partial charge on any atom is 0.248 e. The molecule has 0 unspecified atom stereocenters. The van der Waals surface area contributed by atoms with Gasteiger partial charge < -0.3 is 14.0 Å². The second-order valence-electron chi connectivity index (χ2n) is 7.75. The lowest BCUT2D eigenvalue weighted by molar-refractivity contribution is -0.130. The summed E-state index contributed by atoms with van der Waals surface area (Å²) in [4.78, 5) is 14.9. The van der Waals surface area contributed by atoms with Crippen molar-refractivity contribution in [3.8, 4) is 0 Å². The molecule has 2 aromatic heterocycles. The van der Waals surface area contributed by atoms with Crippen LogP contribution in [0, 0.1) is 13.8 Å². The molecule has 1 saturated heterocycles. The van der Waals surface area contributed by atoms with Gasteiger partial charge in [0.25, 0.3) is 0 Å². The third kappa shape index (κ3) is 3.63. The predicted molar refractivity (Wildman–Crippen MR) is 113 cm³/mol. The van der Waals surface area contributed by atoms with E-state index in [-0.39, 0.29) is 17.3 Å². The molecule has 1 aliphatic rings. The highest BCUT2D eigenvalue weighted by molar-refractivity contribution is 7.89. The molecule has 1 aromatic carbocycles. The van der Waals surface area contributed by atoms with Crippen molar-refractivity contribution in [2.75, 3.05) is 26.2 Å². The molecular formula is C21H26N4O4S. The summed E-state index contributed by atoms with van der Waals surface area (Å²) in [5, 5.41) is 4.85. The third-order valence-corrected chi connectivity index (χ3v) is 7.84. The first-order valence-electron chi connectivity index (χ1n) is 10.0. The Balaban J connectivity index is 1.48. The van der Waals surface area contributed by atoms with Crippen molar-refractivity contribution in [3.63, 3.8) is 0 Å². The summed E-state index contributed by atoms with van der Waals surface area (Å²) in [5.74, 6) is 0.309. The zero-order valence-corrected chi connectivity index (χ0v) is 18.3. The first-order valence-corrected chi connectivity index (χ1v) is 11.5. The molecule has 0 aliphatic carbocycles. The van der Waals surface area contributed by atoms with Crippen molar-refractivity contribution in [2.45, 2.75) is 31.6 Å². The highest BCUT2D eigenvalue weighted by Crippen LogP contribution is 2.25. The lowest BCUT2D eigenvalue weighted by atomic mass is 10.1. The zero-order chi connectivity index (χ0) is 21.5. The van der Waals surface area contributed by atoms with Gasteiger partial charge in [0.1, 0.15) is 10.6 Å². The number of benzene rings is 1. The van der Waals surface area contributed by atoms with Crippen LogP contribution in [0.1, 0.15) is 23.4 Å². The van der Waals surface area contributed by atoms with Crippen molar-refractivity contribution >= 4 is 26.8 Å². The Labute approximate surface area is 176 Å². The minimum absolute atomic E-state index is 0.0166. The van der Waals surface area contributed by atoms with E-state index in [9.17, 15) is 13.2 Å². The monoisotopic (exact) mass is 430 g/mol. The normalized spacial score (nSPS) is 16.2. The first-order chi connectivity index (χ1) is 14.3. The minimum atomic E-state index is -3.70.